The monoisotopic (exact) mass is 211 g/mol. The van der Waals surface area contributed by atoms with Gasteiger partial charge in [0.15, 0.2) is 0 Å². The minimum absolute atomic E-state index is 0.675. The second kappa shape index (κ2) is 5.31. The highest BCUT2D eigenvalue weighted by atomic mass is 16.5. The third kappa shape index (κ3) is 2.94. The number of hydrogen-bond donors (Lipinski definition) is 1. The predicted octanol–water partition coefficient (Wildman–Crippen LogP) is 2.58. The zero-order chi connectivity index (χ0) is 10.6. The average molecular weight is 211 g/mol. The van der Waals surface area contributed by atoms with Crippen LogP contribution in [-0.2, 0) is 4.74 Å². The molecule has 2 heteroatoms. The highest BCUT2D eigenvalue weighted by Crippen LogP contribution is 2.44. The van der Waals surface area contributed by atoms with E-state index in [0.717, 1.165) is 19.1 Å². The fraction of sp³-hybridized carbons (Fsp3) is 1.00. The lowest BCUT2D eigenvalue weighted by Gasteiger charge is -2.42. The van der Waals surface area contributed by atoms with E-state index in [-0.39, 0.29) is 0 Å². The molecule has 1 N–H and O–H groups in total. The van der Waals surface area contributed by atoms with E-state index in [2.05, 4.69) is 12.2 Å². The van der Waals surface area contributed by atoms with E-state index >= 15 is 0 Å². The minimum Gasteiger partial charge on any atom is -0.381 e. The Balaban J connectivity index is 1.63. The molecule has 2 rings (SSSR count). The molecule has 2 fully saturated rings. The van der Waals surface area contributed by atoms with Crippen LogP contribution in [0.4, 0.5) is 0 Å². The van der Waals surface area contributed by atoms with Gasteiger partial charge in [-0.1, -0.05) is 19.8 Å². The van der Waals surface area contributed by atoms with Crippen molar-refractivity contribution in [1.29, 1.82) is 0 Å². The Morgan fingerprint density at radius 2 is 2.27 bits per heavy atom. The largest absolute Gasteiger partial charge is 0.381 e. The Kier molecular flexibility index (Phi) is 4.04. The van der Waals surface area contributed by atoms with Gasteiger partial charge in [-0.15, -0.1) is 0 Å². The van der Waals surface area contributed by atoms with Crippen molar-refractivity contribution in [2.24, 2.45) is 11.3 Å². The molecular formula is C13H25NO. The Morgan fingerprint density at radius 1 is 1.40 bits per heavy atom. The summed E-state index contributed by atoms with van der Waals surface area (Å²) in [4.78, 5) is 0. The van der Waals surface area contributed by atoms with E-state index in [1.165, 1.54) is 51.6 Å². The Hall–Kier alpha value is -0.0800. The predicted molar refractivity (Wildman–Crippen MR) is 63.0 cm³/mol. The van der Waals surface area contributed by atoms with E-state index in [1.807, 2.05) is 0 Å². The third-order valence-electron chi connectivity index (χ3n) is 4.15. The van der Waals surface area contributed by atoms with E-state index < -0.39 is 0 Å². The third-order valence-corrected chi connectivity index (χ3v) is 4.15. The number of hydrogen-bond acceptors (Lipinski definition) is 2. The molecule has 2 aliphatic rings. The molecular weight excluding hydrogens is 186 g/mol. The fourth-order valence-electron chi connectivity index (χ4n) is 3.01. The van der Waals surface area contributed by atoms with Crippen molar-refractivity contribution in [2.45, 2.75) is 45.4 Å². The van der Waals surface area contributed by atoms with Crippen LogP contribution in [0.2, 0.25) is 0 Å². The molecule has 1 aliphatic heterocycles. The van der Waals surface area contributed by atoms with E-state index in [4.69, 9.17) is 4.74 Å². The first-order valence-electron chi connectivity index (χ1n) is 6.63. The molecule has 1 aliphatic carbocycles. The standard InChI is InChI=1S/C13H25NO/c1-2-5-13(6-3-7-13)11-14-9-12-4-8-15-10-12/h12,14H,2-11H2,1H3. The van der Waals surface area contributed by atoms with Gasteiger partial charge in [0.2, 0.25) is 0 Å². The summed E-state index contributed by atoms with van der Waals surface area (Å²) in [5.41, 5.74) is 0.675. The van der Waals surface area contributed by atoms with Gasteiger partial charge in [0.1, 0.15) is 0 Å². The SMILES string of the molecule is CCCC1(CNCC2CCOC2)CCC1. The van der Waals surface area contributed by atoms with Crippen molar-refractivity contribution in [1.82, 2.24) is 5.32 Å². The molecule has 0 bridgehead atoms. The molecule has 1 heterocycles. The molecule has 2 nitrogen and oxygen atoms in total. The molecule has 0 aromatic carbocycles. The van der Waals surface area contributed by atoms with Crippen LogP contribution in [0.15, 0.2) is 0 Å². The first kappa shape index (κ1) is 11.4. The summed E-state index contributed by atoms with van der Waals surface area (Å²) in [5, 5.41) is 3.67. The topological polar surface area (TPSA) is 21.3 Å². The first-order chi connectivity index (χ1) is 7.35. The van der Waals surface area contributed by atoms with Gasteiger partial charge in [-0.05, 0) is 37.0 Å². The normalized spacial score (nSPS) is 29.0. The summed E-state index contributed by atoms with van der Waals surface area (Å²) in [5.74, 6) is 0.781. The van der Waals surface area contributed by atoms with Crippen molar-refractivity contribution in [3.63, 3.8) is 0 Å². The molecule has 88 valence electrons. The van der Waals surface area contributed by atoms with Crippen molar-refractivity contribution >= 4 is 0 Å². The fourth-order valence-corrected chi connectivity index (χ4v) is 3.01. The number of ether oxygens (including phenoxy) is 1. The molecule has 1 atom stereocenters. The Labute approximate surface area is 93.8 Å². The van der Waals surface area contributed by atoms with Gasteiger partial charge >= 0.3 is 0 Å². The zero-order valence-corrected chi connectivity index (χ0v) is 10.1. The lowest BCUT2D eigenvalue weighted by atomic mass is 9.66. The van der Waals surface area contributed by atoms with Gasteiger partial charge in [0.05, 0.1) is 6.61 Å². The van der Waals surface area contributed by atoms with Crippen molar-refractivity contribution < 1.29 is 4.74 Å². The molecule has 0 aromatic rings. The molecule has 1 unspecified atom stereocenters. The van der Waals surface area contributed by atoms with E-state index in [9.17, 15) is 0 Å². The van der Waals surface area contributed by atoms with Gasteiger partial charge in [0, 0.05) is 19.7 Å². The number of rotatable bonds is 6. The Bertz CT molecular complexity index is 183. The smallest absolute Gasteiger partial charge is 0.0507 e. The average Bonchev–Trinajstić information content (AvgIpc) is 2.67. The summed E-state index contributed by atoms with van der Waals surface area (Å²) in [6, 6.07) is 0. The van der Waals surface area contributed by atoms with Gasteiger partial charge in [-0.2, -0.15) is 0 Å². The van der Waals surface area contributed by atoms with Gasteiger partial charge < -0.3 is 10.1 Å². The maximum atomic E-state index is 5.39. The van der Waals surface area contributed by atoms with Crippen molar-refractivity contribution in [3.8, 4) is 0 Å². The molecule has 1 saturated carbocycles. The lowest BCUT2D eigenvalue weighted by Crippen LogP contribution is -2.41. The second-order valence-corrected chi connectivity index (χ2v) is 5.46. The molecule has 1 saturated heterocycles. The molecule has 15 heavy (non-hydrogen) atoms. The van der Waals surface area contributed by atoms with Crippen molar-refractivity contribution in [2.75, 3.05) is 26.3 Å². The number of nitrogens with one attached hydrogen (secondary N) is 1. The molecule has 0 spiro atoms. The molecule has 0 aromatic heterocycles. The zero-order valence-electron chi connectivity index (χ0n) is 10.1. The van der Waals surface area contributed by atoms with Crippen LogP contribution in [0.25, 0.3) is 0 Å². The summed E-state index contributed by atoms with van der Waals surface area (Å²) in [7, 11) is 0. The van der Waals surface area contributed by atoms with Crippen LogP contribution >= 0.6 is 0 Å². The van der Waals surface area contributed by atoms with Crippen LogP contribution in [-0.4, -0.2) is 26.3 Å². The van der Waals surface area contributed by atoms with Gasteiger partial charge in [-0.25, -0.2) is 0 Å². The van der Waals surface area contributed by atoms with E-state index in [0.29, 0.717) is 5.41 Å². The minimum atomic E-state index is 0.675. The van der Waals surface area contributed by atoms with E-state index in [1.54, 1.807) is 0 Å². The maximum absolute atomic E-state index is 5.39. The first-order valence-corrected chi connectivity index (χ1v) is 6.63. The van der Waals surface area contributed by atoms with Gasteiger partial charge in [-0.3, -0.25) is 0 Å². The van der Waals surface area contributed by atoms with Crippen LogP contribution in [0, 0.1) is 11.3 Å². The van der Waals surface area contributed by atoms with Crippen LogP contribution in [0.3, 0.4) is 0 Å². The summed E-state index contributed by atoms with van der Waals surface area (Å²) in [6.45, 7) is 6.69. The molecule has 0 radical (unpaired) electrons. The van der Waals surface area contributed by atoms with Crippen molar-refractivity contribution in [3.05, 3.63) is 0 Å². The second-order valence-electron chi connectivity index (χ2n) is 5.46. The molecule has 0 amide bonds. The summed E-state index contributed by atoms with van der Waals surface area (Å²) < 4.78 is 5.39. The van der Waals surface area contributed by atoms with Crippen LogP contribution in [0.5, 0.6) is 0 Å². The van der Waals surface area contributed by atoms with Crippen LogP contribution < -0.4 is 5.32 Å². The lowest BCUT2D eigenvalue weighted by molar-refractivity contribution is 0.113. The highest BCUT2D eigenvalue weighted by Gasteiger charge is 2.35. The quantitative estimate of drug-likeness (QED) is 0.729. The summed E-state index contributed by atoms with van der Waals surface area (Å²) in [6.07, 6.45) is 8.38. The maximum Gasteiger partial charge on any atom is 0.0507 e. The summed E-state index contributed by atoms with van der Waals surface area (Å²) >= 11 is 0. The Morgan fingerprint density at radius 3 is 2.80 bits per heavy atom. The highest BCUT2D eigenvalue weighted by molar-refractivity contribution is 4.89. The van der Waals surface area contributed by atoms with Gasteiger partial charge in [0.25, 0.3) is 0 Å². The van der Waals surface area contributed by atoms with Crippen LogP contribution in [0.1, 0.15) is 45.4 Å².